The summed E-state index contributed by atoms with van der Waals surface area (Å²) in [5, 5.41) is 13.7. The van der Waals surface area contributed by atoms with Crippen LogP contribution in [0.2, 0.25) is 0 Å². The highest BCUT2D eigenvalue weighted by Crippen LogP contribution is 2.29. The molecule has 2 N–H and O–H groups in total. The van der Waals surface area contributed by atoms with E-state index < -0.39 is 5.97 Å². The zero-order chi connectivity index (χ0) is 14.1. The van der Waals surface area contributed by atoms with Crippen LogP contribution in [0.5, 0.6) is 0 Å². The lowest BCUT2D eigenvalue weighted by atomic mass is 9.85. The molecule has 4 nitrogen and oxygen atoms in total. The van der Waals surface area contributed by atoms with Crippen molar-refractivity contribution >= 4 is 33.2 Å². The lowest BCUT2D eigenvalue weighted by molar-refractivity contribution is -0.142. The first kappa shape index (κ1) is 13.4. The third kappa shape index (κ3) is 2.77. The number of carboxylic acid groups (broad SMARTS) is 1. The lowest BCUT2D eigenvalue weighted by Crippen LogP contribution is -2.30. The molecule has 2 atom stereocenters. The Morgan fingerprint density at radius 2 is 2.30 bits per heavy atom. The molecule has 1 heterocycles. The molecule has 0 bridgehead atoms. The van der Waals surface area contributed by atoms with E-state index in [4.69, 9.17) is 5.11 Å². The Morgan fingerprint density at radius 1 is 1.45 bits per heavy atom. The highest BCUT2D eigenvalue weighted by atomic mass is 32.1. The standard InChI is InChI=1S/C15H18N2O2S/c1-9-16-13-6-5-12(8-14(13)20-9)17-11-4-2-3-10(7-11)15(18)19/h5-6,8,10-11,17H,2-4,7H2,1H3,(H,18,19). The molecule has 1 aromatic carbocycles. The van der Waals surface area contributed by atoms with Crippen LogP contribution >= 0.6 is 11.3 Å². The summed E-state index contributed by atoms with van der Waals surface area (Å²) in [5.41, 5.74) is 2.10. The molecule has 0 spiro atoms. The van der Waals surface area contributed by atoms with E-state index in [1.54, 1.807) is 11.3 Å². The minimum atomic E-state index is -0.662. The summed E-state index contributed by atoms with van der Waals surface area (Å²) in [6.45, 7) is 2.01. The van der Waals surface area contributed by atoms with Gasteiger partial charge in [0.25, 0.3) is 0 Å². The molecule has 1 aromatic heterocycles. The third-order valence-corrected chi connectivity index (χ3v) is 4.82. The van der Waals surface area contributed by atoms with Crippen LogP contribution in [0, 0.1) is 12.8 Å². The van der Waals surface area contributed by atoms with E-state index in [0.29, 0.717) is 0 Å². The summed E-state index contributed by atoms with van der Waals surface area (Å²) in [5.74, 6) is -0.860. The molecule has 1 aliphatic carbocycles. The second-order valence-corrected chi connectivity index (χ2v) is 6.69. The predicted molar refractivity (Wildman–Crippen MR) is 81.4 cm³/mol. The van der Waals surface area contributed by atoms with Gasteiger partial charge in [-0.2, -0.15) is 0 Å². The van der Waals surface area contributed by atoms with Crippen molar-refractivity contribution in [3.8, 4) is 0 Å². The Hall–Kier alpha value is -1.62. The fourth-order valence-electron chi connectivity index (χ4n) is 2.91. The molecule has 0 amide bonds. The van der Waals surface area contributed by atoms with Gasteiger partial charge in [-0.15, -0.1) is 11.3 Å². The van der Waals surface area contributed by atoms with Gasteiger partial charge in [-0.25, -0.2) is 4.98 Å². The van der Waals surface area contributed by atoms with Crippen molar-refractivity contribution in [2.24, 2.45) is 5.92 Å². The van der Waals surface area contributed by atoms with Crippen molar-refractivity contribution in [3.63, 3.8) is 0 Å². The average Bonchev–Trinajstić information content (AvgIpc) is 2.78. The van der Waals surface area contributed by atoms with Crippen molar-refractivity contribution < 1.29 is 9.90 Å². The molecular formula is C15H18N2O2S. The second kappa shape index (κ2) is 5.40. The largest absolute Gasteiger partial charge is 0.481 e. The topological polar surface area (TPSA) is 62.2 Å². The number of anilines is 1. The van der Waals surface area contributed by atoms with Gasteiger partial charge in [0.1, 0.15) is 0 Å². The number of nitrogens with zero attached hydrogens (tertiary/aromatic N) is 1. The highest BCUT2D eigenvalue weighted by molar-refractivity contribution is 7.18. The van der Waals surface area contributed by atoms with Crippen LogP contribution in [-0.2, 0) is 4.79 Å². The number of carboxylic acids is 1. The summed E-state index contributed by atoms with van der Waals surface area (Å²) in [6, 6.07) is 6.44. The lowest BCUT2D eigenvalue weighted by Gasteiger charge is -2.28. The number of fused-ring (bicyclic) bond motifs is 1. The van der Waals surface area contributed by atoms with Gasteiger partial charge in [0.15, 0.2) is 0 Å². The maximum atomic E-state index is 11.1. The summed E-state index contributed by atoms with van der Waals surface area (Å²) in [6.07, 6.45) is 3.55. The monoisotopic (exact) mass is 290 g/mol. The quantitative estimate of drug-likeness (QED) is 0.905. The molecule has 2 unspecified atom stereocenters. The summed E-state index contributed by atoms with van der Waals surface area (Å²) in [4.78, 5) is 15.5. The van der Waals surface area contributed by atoms with Crippen LogP contribution in [0.15, 0.2) is 18.2 Å². The minimum Gasteiger partial charge on any atom is -0.481 e. The van der Waals surface area contributed by atoms with E-state index in [2.05, 4.69) is 16.4 Å². The van der Waals surface area contributed by atoms with Gasteiger partial charge in [-0.3, -0.25) is 4.79 Å². The van der Waals surface area contributed by atoms with E-state index in [1.165, 1.54) is 4.70 Å². The molecule has 0 aliphatic heterocycles. The number of aliphatic carboxylic acids is 1. The van der Waals surface area contributed by atoms with Gasteiger partial charge in [0, 0.05) is 11.7 Å². The van der Waals surface area contributed by atoms with Crippen LogP contribution in [-0.4, -0.2) is 22.1 Å². The van der Waals surface area contributed by atoms with Gasteiger partial charge in [0.2, 0.25) is 0 Å². The molecule has 5 heteroatoms. The van der Waals surface area contributed by atoms with Crippen LogP contribution in [0.1, 0.15) is 30.7 Å². The van der Waals surface area contributed by atoms with Crippen molar-refractivity contribution in [3.05, 3.63) is 23.2 Å². The summed E-state index contributed by atoms with van der Waals surface area (Å²) < 4.78 is 1.18. The predicted octanol–water partition coefficient (Wildman–Crippen LogP) is 3.66. The summed E-state index contributed by atoms with van der Waals surface area (Å²) >= 11 is 1.69. The number of aryl methyl sites for hydroxylation is 1. The van der Waals surface area contributed by atoms with Gasteiger partial charge in [-0.1, -0.05) is 6.42 Å². The van der Waals surface area contributed by atoms with E-state index in [0.717, 1.165) is 41.9 Å². The second-order valence-electron chi connectivity index (χ2n) is 5.46. The van der Waals surface area contributed by atoms with Crippen LogP contribution in [0.3, 0.4) is 0 Å². The Labute approximate surface area is 121 Å². The van der Waals surface area contributed by atoms with Crippen molar-refractivity contribution in [2.45, 2.75) is 38.6 Å². The first-order valence-corrected chi connectivity index (χ1v) is 7.80. The number of thiazole rings is 1. The zero-order valence-electron chi connectivity index (χ0n) is 11.4. The first-order valence-electron chi connectivity index (χ1n) is 6.98. The fraction of sp³-hybridized carbons (Fsp3) is 0.467. The normalized spacial score (nSPS) is 22.9. The van der Waals surface area contributed by atoms with E-state index in [9.17, 15) is 4.79 Å². The molecule has 0 radical (unpaired) electrons. The minimum absolute atomic E-state index is 0.198. The highest BCUT2D eigenvalue weighted by Gasteiger charge is 2.26. The van der Waals surface area contributed by atoms with Crippen molar-refractivity contribution in [1.29, 1.82) is 0 Å². The Morgan fingerprint density at radius 3 is 3.10 bits per heavy atom. The summed E-state index contributed by atoms with van der Waals surface area (Å²) in [7, 11) is 0. The van der Waals surface area contributed by atoms with E-state index >= 15 is 0 Å². The van der Waals surface area contributed by atoms with Crippen LogP contribution in [0.4, 0.5) is 5.69 Å². The molecule has 1 aliphatic rings. The first-order chi connectivity index (χ1) is 9.61. The molecule has 3 rings (SSSR count). The Kier molecular flexibility index (Phi) is 3.61. The SMILES string of the molecule is Cc1nc2ccc(NC3CCCC(C(=O)O)C3)cc2s1. The molecule has 106 valence electrons. The number of hydrogen-bond acceptors (Lipinski definition) is 4. The smallest absolute Gasteiger partial charge is 0.306 e. The van der Waals surface area contributed by atoms with Gasteiger partial charge >= 0.3 is 5.97 Å². The third-order valence-electron chi connectivity index (χ3n) is 3.89. The number of hydrogen-bond donors (Lipinski definition) is 2. The van der Waals surface area contributed by atoms with Crippen LogP contribution < -0.4 is 5.32 Å². The maximum Gasteiger partial charge on any atom is 0.306 e. The number of nitrogens with one attached hydrogen (secondary N) is 1. The maximum absolute atomic E-state index is 11.1. The molecule has 1 saturated carbocycles. The van der Waals surface area contributed by atoms with Gasteiger partial charge in [-0.05, 0) is 44.4 Å². The molecular weight excluding hydrogens is 272 g/mol. The fourth-order valence-corrected chi connectivity index (χ4v) is 3.78. The van der Waals surface area contributed by atoms with Gasteiger partial charge in [0.05, 0.1) is 21.1 Å². The molecule has 20 heavy (non-hydrogen) atoms. The number of rotatable bonds is 3. The van der Waals surface area contributed by atoms with E-state index in [1.807, 2.05) is 19.1 Å². The molecule has 0 saturated heterocycles. The number of benzene rings is 1. The molecule has 1 fully saturated rings. The molecule has 2 aromatic rings. The van der Waals surface area contributed by atoms with Crippen molar-refractivity contribution in [2.75, 3.05) is 5.32 Å². The van der Waals surface area contributed by atoms with Crippen LogP contribution in [0.25, 0.3) is 10.2 Å². The van der Waals surface area contributed by atoms with E-state index in [-0.39, 0.29) is 12.0 Å². The zero-order valence-corrected chi connectivity index (χ0v) is 12.2. The number of aromatic nitrogens is 1. The number of carbonyl (C=O) groups is 1. The van der Waals surface area contributed by atoms with Crippen molar-refractivity contribution in [1.82, 2.24) is 4.98 Å². The average molecular weight is 290 g/mol. The Balaban J connectivity index is 1.73. The van der Waals surface area contributed by atoms with Gasteiger partial charge < -0.3 is 10.4 Å². The Bertz CT molecular complexity index is 638.